The van der Waals surface area contributed by atoms with Gasteiger partial charge >= 0.3 is 0 Å². The van der Waals surface area contributed by atoms with E-state index in [1.807, 2.05) is 12.1 Å². The number of carbonyl (C=O) groups is 1. The SMILES string of the molecule is CC(C)C1CCCC(NC(=O)c2cccc(N)c2)C1. The lowest BCUT2D eigenvalue weighted by atomic mass is 9.79. The summed E-state index contributed by atoms with van der Waals surface area (Å²) in [5.41, 5.74) is 7.01. The van der Waals surface area contributed by atoms with Gasteiger partial charge in [0.1, 0.15) is 0 Å². The molecule has 1 amide bonds. The van der Waals surface area contributed by atoms with Crippen molar-refractivity contribution in [1.29, 1.82) is 0 Å². The van der Waals surface area contributed by atoms with Crippen molar-refractivity contribution in [3.8, 4) is 0 Å². The molecule has 2 atom stereocenters. The molecular formula is C16H24N2O. The monoisotopic (exact) mass is 260 g/mol. The van der Waals surface area contributed by atoms with Crippen molar-refractivity contribution in [2.24, 2.45) is 11.8 Å². The Kier molecular flexibility index (Phi) is 4.46. The molecule has 3 heteroatoms. The maximum absolute atomic E-state index is 12.2. The Hall–Kier alpha value is -1.51. The van der Waals surface area contributed by atoms with Crippen LogP contribution in [-0.4, -0.2) is 11.9 Å². The van der Waals surface area contributed by atoms with Gasteiger partial charge in [-0.2, -0.15) is 0 Å². The minimum absolute atomic E-state index is 0.00158. The van der Waals surface area contributed by atoms with E-state index in [1.54, 1.807) is 12.1 Å². The molecule has 19 heavy (non-hydrogen) atoms. The molecule has 0 heterocycles. The summed E-state index contributed by atoms with van der Waals surface area (Å²) in [7, 11) is 0. The molecule has 1 aromatic rings. The maximum atomic E-state index is 12.2. The Morgan fingerprint density at radius 2 is 2.16 bits per heavy atom. The molecule has 3 N–H and O–H groups in total. The Labute approximate surface area is 115 Å². The molecule has 1 aromatic carbocycles. The van der Waals surface area contributed by atoms with Crippen LogP contribution >= 0.6 is 0 Å². The molecule has 1 fully saturated rings. The van der Waals surface area contributed by atoms with E-state index in [4.69, 9.17) is 5.73 Å². The lowest BCUT2D eigenvalue weighted by Gasteiger charge is -2.32. The second kappa shape index (κ2) is 6.09. The largest absolute Gasteiger partial charge is 0.399 e. The van der Waals surface area contributed by atoms with Crippen LogP contribution in [0.5, 0.6) is 0 Å². The van der Waals surface area contributed by atoms with Crippen LogP contribution in [0.4, 0.5) is 5.69 Å². The number of hydrogen-bond acceptors (Lipinski definition) is 2. The summed E-state index contributed by atoms with van der Waals surface area (Å²) in [5, 5.41) is 3.15. The number of carbonyl (C=O) groups excluding carboxylic acids is 1. The molecule has 2 unspecified atom stereocenters. The van der Waals surface area contributed by atoms with Crippen LogP contribution in [0.1, 0.15) is 49.9 Å². The van der Waals surface area contributed by atoms with E-state index >= 15 is 0 Å². The van der Waals surface area contributed by atoms with Gasteiger partial charge in [-0.25, -0.2) is 0 Å². The molecule has 0 saturated heterocycles. The predicted octanol–water partition coefficient (Wildman–Crippen LogP) is 3.21. The standard InChI is InChI=1S/C16H24N2O/c1-11(2)12-5-4-8-15(10-12)18-16(19)13-6-3-7-14(17)9-13/h3,6-7,9,11-12,15H,4-5,8,10,17H2,1-2H3,(H,18,19). The number of nitrogens with two attached hydrogens (primary N) is 1. The van der Waals surface area contributed by atoms with Crippen molar-refractivity contribution < 1.29 is 4.79 Å². The smallest absolute Gasteiger partial charge is 0.251 e. The number of hydrogen-bond donors (Lipinski definition) is 2. The third kappa shape index (κ3) is 3.72. The summed E-state index contributed by atoms with van der Waals surface area (Å²) >= 11 is 0. The van der Waals surface area contributed by atoms with Gasteiger partial charge in [-0.15, -0.1) is 0 Å². The molecule has 1 aliphatic rings. The first-order valence-electron chi connectivity index (χ1n) is 7.22. The van der Waals surface area contributed by atoms with Gasteiger partial charge in [-0.3, -0.25) is 4.79 Å². The minimum atomic E-state index is 0.00158. The number of amides is 1. The molecule has 3 nitrogen and oxygen atoms in total. The molecule has 1 saturated carbocycles. The molecular weight excluding hydrogens is 236 g/mol. The van der Waals surface area contributed by atoms with Gasteiger partial charge in [0.2, 0.25) is 0 Å². The van der Waals surface area contributed by atoms with Crippen molar-refractivity contribution in [3.05, 3.63) is 29.8 Å². The number of anilines is 1. The molecule has 0 aromatic heterocycles. The minimum Gasteiger partial charge on any atom is -0.399 e. The Morgan fingerprint density at radius 3 is 2.84 bits per heavy atom. The summed E-state index contributed by atoms with van der Waals surface area (Å²) in [4.78, 5) is 12.2. The first-order valence-corrected chi connectivity index (χ1v) is 7.22. The fraction of sp³-hybridized carbons (Fsp3) is 0.562. The Bertz CT molecular complexity index is 442. The van der Waals surface area contributed by atoms with Crippen molar-refractivity contribution in [2.75, 3.05) is 5.73 Å². The fourth-order valence-corrected chi connectivity index (χ4v) is 2.91. The van der Waals surface area contributed by atoms with Gasteiger partial charge < -0.3 is 11.1 Å². The topological polar surface area (TPSA) is 55.1 Å². The fourth-order valence-electron chi connectivity index (χ4n) is 2.91. The van der Waals surface area contributed by atoms with Crippen LogP contribution in [0.25, 0.3) is 0 Å². The van der Waals surface area contributed by atoms with Gasteiger partial charge in [0, 0.05) is 17.3 Å². The van der Waals surface area contributed by atoms with E-state index in [1.165, 1.54) is 12.8 Å². The summed E-state index contributed by atoms with van der Waals surface area (Å²) in [6.07, 6.45) is 4.70. The molecule has 104 valence electrons. The van der Waals surface area contributed by atoms with Crippen molar-refractivity contribution >= 4 is 11.6 Å². The van der Waals surface area contributed by atoms with Crippen molar-refractivity contribution in [1.82, 2.24) is 5.32 Å². The van der Waals surface area contributed by atoms with Crippen molar-refractivity contribution in [2.45, 2.75) is 45.6 Å². The van der Waals surface area contributed by atoms with Crippen LogP contribution in [-0.2, 0) is 0 Å². The third-order valence-corrected chi connectivity index (χ3v) is 4.14. The predicted molar refractivity (Wildman–Crippen MR) is 78.9 cm³/mol. The van der Waals surface area contributed by atoms with Gasteiger partial charge in [0.15, 0.2) is 0 Å². The lowest BCUT2D eigenvalue weighted by molar-refractivity contribution is 0.0913. The first kappa shape index (κ1) is 13.9. The third-order valence-electron chi connectivity index (χ3n) is 4.14. The van der Waals surface area contributed by atoms with Crippen LogP contribution in [0.15, 0.2) is 24.3 Å². The Balaban J connectivity index is 1.95. The highest BCUT2D eigenvalue weighted by atomic mass is 16.1. The van der Waals surface area contributed by atoms with Crippen LogP contribution in [0.3, 0.4) is 0 Å². The summed E-state index contributed by atoms with van der Waals surface area (Å²) in [5.74, 6) is 1.44. The average Bonchev–Trinajstić information content (AvgIpc) is 2.39. The van der Waals surface area contributed by atoms with Gasteiger partial charge in [-0.05, 0) is 42.9 Å². The quantitative estimate of drug-likeness (QED) is 0.820. The van der Waals surface area contributed by atoms with Crippen molar-refractivity contribution in [3.63, 3.8) is 0 Å². The van der Waals surface area contributed by atoms with Gasteiger partial charge in [0.25, 0.3) is 5.91 Å². The molecule has 0 aliphatic heterocycles. The van der Waals surface area contributed by atoms with E-state index in [-0.39, 0.29) is 5.91 Å². The number of rotatable bonds is 3. The zero-order valence-electron chi connectivity index (χ0n) is 11.9. The molecule has 0 radical (unpaired) electrons. The highest BCUT2D eigenvalue weighted by Gasteiger charge is 2.25. The zero-order valence-corrected chi connectivity index (χ0v) is 11.9. The Morgan fingerprint density at radius 1 is 1.37 bits per heavy atom. The number of nitrogens with one attached hydrogen (secondary N) is 1. The van der Waals surface area contributed by atoms with Gasteiger partial charge in [0.05, 0.1) is 0 Å². The second-order valence-electron chi connectivity index (χ2n) is 5.97. The van der Waals surface area contributed by atoms with E-state index in [9.17, 15) is 4.79 Å². The van der Waals surface area contributed by atoms with E-state index < -0.39 is 0 Å². The maximum Gasteiger partial charge on any atom is 0.251 e. The highest BCUT2D eigenvalue weighted by Crippen LogP contribution is 2.30. The second-order valence-corrected chi connectivity index (χ2v) is 5.97. The number of nitrogen functional groups attached to an aromatic ring is 1. The summed E-state index contributed by atoms with van der Waals surface area (Å²) in [6, 6.07) is 7.48. The molecule has 0 spiro atoms. The summed E-state index contributed by atoms with van der Waals surface area (Å²) in [6.45, 7) is 4.54. The van der Waals surface area contributed by atoms with E-state index in [0.29, 0.717) is 23.2 Å². The van der Waals surface area contributed by atoms with Crippen LogP contribution < -0.4 is 11.1 Å². The number of benzene rings is 1. The molecule has 1 aliphatic carbocycles. The summed E-state index contributed by atoms with van der Waals surface area (Å²) < 4.78 is 0. The first-order chi connectivity index (χ1) is 9.06. The normalized spacial score (nSPS) is 23.3. The molecule has 0 bridgehead atoms. The van der Waals surface area contributed by atoms with Crippen LogP contribution in [0, 0.1) is 11.8 Å². The van der Waals surface area contributed by atoms with E-state index in [0.717, 1.165) is 18.8 Å². The lowest BCUT2D eigenvalue weighted by Crippen LogP contribution is -2.39. The van der Waals surface area contributed by atoms with E-state index in [2.05, 4.69) is 19.2 Å². The zero-order chi connectivity index (χ0) is 13.8. The van der Waals surface area contributed by atoms with Crippen LogP contribution in [0.2, 0.25) is 0 Å². The van der Waals surface area contributed by atoms with Gasteiger partial charge in [-0.1, -0.05) is 32.8 Å². The highest BCUT2D eigenvalue weighted by molar-refractivity contribution is 5.95. The molecule has 2 rings (SSSR count). The average molecular weight is 260 g/mol.